The van der Waals surface area contributed by atoms with Gasteiger partial charge in [0.2, 0.25) is 0 Å². The second-order valence-electron chi connectivity index (χ2n) is 6.01. The quantitative estimate of drug-likeness (QED) is 0.766. The van der Waals surface area contributed by atoms with Crippen molar-refractivity contribution in [3.05, 3.63) is 66.0 Å². The fourth-order valence-electron chi connectivity index (χ4n) is 2.97. The fourth-order valence-corrected chi connectivity index (χ4v) is 2.97. The lowest BCUT2D eigenvalue weighted by Gasteiger charge is -2.24. The summed E-state index contributed by atoms with van der Waals surface area (Å²) in [6, 6.07) is 10.4. The van der Waals surface area contributed by atoms with Gasteiger partial charge >= 0.3 is 0 Å². The lowest BCUT2D eigenvalue weighted by atomic mass is 10.1. The fraction of sp³-hybridized carbons (Fsp3) is 0.368. The molecule has 0 saturated heterocycles. The Bertz CT molecular complexity index is 675. The Labute approximate surface area is 137 Å². The number of carbonyl (C=O) groups is 1. The molecule has 4 nitrogen and oxygen atoms in total. The predicted molar refractivity (Wildman–Crippen MR) is 91.3 cm³/mol. The van der Waals surface area contributed by atoms with Crippen molar-refractivity contribution in [2.45, 2.75) is 38.8 Å². The van der Waals surface area contributed by atoms with E-state index >= 15 is 0 Å². The third-order valence-electron chi connectivity index (χ3n) is 4.24. The molecule has 2 heterocycles. The molecule has 120 valence electrons. The van der Waals surface area contributed by atoms with Crippen molar-refractivity contribution >= 4 is 5.91 Å². The summed E-state index contributed by atoms with van der Waals surface area (Å²) in [7, 11) is 0. The van der Waals surface area contributed by atoms with Gasteiger partial charge in [-0.25, -0.2) is 0 Å². The van der Waals surface area contributed by atoms with E-state index in [2.05, 4.69) is 36.3 Å². The van der Waals surface area contributed by atoms with E-state index in [9.17, 15) is 4.79 Å². The van der Waals surface area contributed by atoms with Gasteiger partial charge in [-0.15, -0.1) is 0 Å². The Morgan fingerprint density at radius 3 is 2.91 bits per heavy atom. The molecule has 1 aromatic carbocycles. The molecule has 0 fully saturated rings. The third-order valence-corrected chi connectivity index (χ3v) is 4.24. The first-order valence-corrected chi connectivity index (χ1v) is 8.32. The normalized spacial score (nSPS) is 16.9. The van der Waals surface area contributed by atoms with Gasteiger partial charge < -0.3 is 4.90 Å². The van der Waals surface area contributed by atoms with Gasteiger partial charge in [-0.2, -0.15) is 5.10 Å². The molecule has 4 heteroatoms. The maximum atomic E-state index is 12.7. The molecule has 3 rings (SSSR count). The molecule has 1 aromatic heterocycles. The van der Waals surface area contributed by atoms with E-state index in [1.165, 1.54) is 5.56 Å². The van der Waals surface area contributed by atoms with Gasteiger partial charge in [0.15, 0.2) is 0 Å². The molecule has 23 heavy (non-hydrogen) atoms. The van der Waals surface area contributed by atoms with Crippen LogP contribution in [0.5, 0.6) is 0 Å². The van der Waals surface area contributed by atoms with E-state index in [0.717, 1.165) is 19.3 Å². The first-order valence-electron chi connectivity index (χ1n) is 8.32. The second kappa shape index (κ2) is 7.27. The standard InChI is InChI=1S/C19H23N3O/c1-2-3-10-18-11-7-12-22(18)19(23)17-13-20-21(15-17)14-16-8-5-4-6-9-16/h4-9,11,13,15,18H,2-3,10,12,14H2,1H3. The Morgan fingerprint density at radius 1 is 1.30 bits per heavy atom. The van der Waals surface area contributed by atoms with E-state index in [-0.39, 0.29) is 11.9 Å². The van der Waals surface area contributed by atoms with E-state index in [1.807, 2.05) is 34.0 Å². The number of benzene rings is 1. The van der Waals surface area contributed by atoms with Crippen LogP contribution in [0.2, 0.25) is 0 Å². The van der Waals surface area contributed by atoms with Crippen LogP contribution in [-0.4, -0.2) is 33.2 Å². The van der Waals surface area contributed by atoms with Crippen molar-refractivity contribution in [2.24, 2.45) is 0 Å². The largest absolute Gasteiger partial charge is 0.328 e. The topological polar surface area (TPSA) is 38.1 Å². The molecular formula is C19H23N3O. The number of amides is 1. The summed E-state index contributed by atoms with van der Waals surface area (Å²) in [4.78, 5) is 14.7. The zero-order valence-corrected chi connectivity index (χ0v) is 13.6. The number of rotatable bonds is 6. The van der Waals surface area contributed by atoms with Crippen LogP contribution in [0.3, 0.4) is 0 Å². The van der Waals surface area contributed by atoms with Crippen molar-refractivity contribution in [2.75, 3.05) is 6.54 Å². The second-order valence-corrected chi connectivity index (χ2v) is 6.01. The number of unbranched alkanes of at least 4 members (excludes halogenated alkanes) is 1. The van der Waals surface area contributed by atoms with Crippen LogP contribution in [-0.2, 0) is 6.54 Å². The number of carbonyl (C=O) groups excluding carboxylic acids is 1. The maximum absolute atomic E-state index is 12.7. The lowest BCUT2D eigenvalue weighted by molar-refractivity contribution is 0.0743. The van der Waals surface area contributed by atoms with Gasteiger partial charge in [0.1, 0.15) is 0 Å². The molecule has 0 radical (unpaired) electrons. The summed E-state index contributed by atoms with van der Waals surface area (Å²) in [5.74, 6) is 0.0791. The molecule has 0 spiro atoms. The molecule has 1 unspecified atom stereocenters. The zero-order chi connectivity index (χ0) is 16.1. The molecule has 1 aliphatic heterocycles. The van der Waals surface area contributed by atoms with Gasteiger partial charge in [-0.05, 0) is 12.0 Å². The Hall–Kier alpha value is -2.36. The summed E-state index contributed by atoms with van der Waals surface area (Å²) >= 11 is 0. The SMILES string of the molecule is CCCCC1C=CCN1C(=O)c1cnn(Cc2ccccc2)c1. The molecule has 0 bridgehead atoms. The van der Waals surface area contributed by atoms with Crippen LogP contribution < -0.4 is 0 Å². The highest BCUT2D eigenvalue weighted by Gasteiger charge is 2.25. The maximum Gasteiger partial charge on any atom is 0.257 e. The number of hydrogen-bond donors (Lipinski definition) is 0. The Morgan fingerprint density at radius 2 is 2.13 bits per heavy atom. The third kappa shape index (κ3) is 3.70. The average molecular weight is 309 g/mol. The van der Waals surface area contributed by atoms with Crippen LogP contribution in [0.4, 0.5) is 0 Å². The van der Waals surface area contributed by atoms with E-state index in [0.29, 0.717) is 18.7 Å². The van der Waals surface area contributed by atoms with Gasteiger partial charge in [0.05, 0.1) is 24.3 Å². The van der Waals surface area contributed by atoms with Crippen molar-refractivity contribution in [3.63, 3.8) is 0 Å². The number of aromatic nitrogens is 2. The Balaban J connectivity index is 1.66. The summed E-state index contributed by atoms with van der Waals surface area (Å²) in [5, 5.41) is 4.34. The smallest absolute Gasteiger partial charge is 0.257 e. The van der Waals surface area contributed by atoms with Crippen LogP contribution in [0.15, 0.2) is 54.9 Å². The minimum absolute atomic E-state index is 0.0791. The number of nitrogens with zero attached hydrogens (tertiary/aromatic N) is 3. The molecule has 0 aliphatic carbocycles. The molecule has 1 atom stereocenters. The molecule has 1 amide bonds. The molecular weight excluding hydrogens is 286 g/mol. The molecule has 0 N–H and O–H groups in total. The van der Waals surface area contributed by atoms with Crippen LogP contribution in [0.1, 0.15) is 42.1 Å². The van der Waals surface area contributed by atoms with E-state index in [4.69, 9.17) is 0 Å². The van der Waals surface area contributed by atoms with Crippen molar-refractivity contribution < 1.29 is 4.79 Å². The lowest BCUT2D eigenvalue weighted by Crippen LogP contribution is -2.35. The van der Waals surface area contributed by atoms with Gasteiger partial charge in [-0.1, -0.05) is 62.2 Å². The van der Waals surface area contributed by atoms with Crippen LogP contribution >= 0.6 is 0 Å². The molecule has 1 aliphatic rings. The predicted octanol–water partition coefficient (Wildman–Crippen LogP) is 3.50. The van der Waals surface area contributed by atoms with E-state index < -0.39 is 0 Å². The van der Waals surface area contributed by atoms with Crippen molar-refractivity contribution in [3.8, 4) is 0 Å². The first-order chi connectivity index (χ1) is 11.3. The molecule has 2 aromatic rings. The summed E-state index contributed by atoms with van der Waals surface area (Å²) < 4.78 is 1.83. The minimum atomic E-state index is 0.0791. The number of hydrogen-bond acceptors (Lipinski definition) is 2. The molecule has 0 saturated carbocycles. The van der Waals surface area contributed by atoms with Gasteiger partial charge in [0.25, 0.3) is 5.91 Å². The van der Waals surface area contributed by atoms with Crippen molar-refractivity contribution in [1.29, 1.82) is 0 Å². The summed E-state index contributed by atoms with van der Waals surface area (Å²) in [5.41, 5.74) is 1.85. The highest BCUT2D eigenvalue weighted by molar-refractivity contribution is 5.94. The van der Waals surface area contributed by atoms with Crippen molar-refractivity contribution in [1.82, 2.24) is 14.7 Å². The van der Waals surface area contributed by atoms with Crippen LogP contribution in [0, 0.1) is 0 Å². The summed E-state index contributed by atoms with van der Waals surface area (Å²) in [6.07, 6.45) is 11.1. The van der Waals surface area contributed by atoms with Gasteiger partial charge in [0, 0.05) is 12.7 Å². The Kier molecular flexibility index (Phi) is 4.91. The summed E-state index contributed by atoms with van der Waals surface area (Å²) in [6.45, 7) is 3.57. The highest BCUT2D eigenvalue weighted by Crippen LogP contribution is 2.19. The minimum Gasteiger partial charge on any atom is -0.328 e. The first kappa shape index (κ1) is 15.5. The van der Waals surface area contributed by atoms with E-state index in [1.54, 1.807) is 6.20 Å². The monoisotopic (exact) mass is 309 g/mol. The zero-order valence-electron chi connectivity index (χ0n) is 13.6. The van der Waals surface area contributed by atoms with Crippen LogP contribution in [0.25, 0.3) is 0 Å². The van der Waals surface area contributed by atoms with Gasteiger partial charge in [-0.3, -0.25) is 9.48 Å². The highest BCUT2D eigenvalue weighted by atomic mass is 16.2. The average Bonchev–Trinajstić information content (AvgIpc) is 3.22.